The first-order chi connectivity index (χ1) is 5.27. The van der Waals surface area contributed by atoms with E-state index in [0.717, 1.165) is 29.7 Å². The average Bonchev–Trinajstić information content (AvgIpc) is 2.32. The van der Waals surface area contributed by atoms with Crippen LogP contribution in [-0.4, -0.2) is 6.04 Å². The van der Waals surface area contributed by atoms with Gasteiger partial charge >= 0.3 is 0 Å². The number of hydrogen-bond acceptors (Lipinski definition) is 2. The maximum Gasteiger partial charge on any atom is 0.137 e. The summed E-state index contributed by atoms with van der Waals surface area (Å²) in [5.74, 6) is -0.0306. The normalized spacial score (nSPS) is 21.3. The van der Waals surface area contributed by atoms with Crippen LogP contribution in [0.25, 0.3) is 0 Å². The topological polar surface area (TPSA) is 26.0 Å². The molecular formula is C8H11ClFNS. The molecule has 2 N–H and O–H groups in total. The van der Waals surface area contributed by atoms with Crippen molar-refractivity contribution in [1.29, 1.82) is 0 Å². The van der Waals surface area contributed by atoms with Crippen LogP contribution in [0.15, 0.2) is 5.38 Å². The van der Waals surface area contributed by atoms with Gasteiger partial charge in [0.2, 0.25) is 0 Å². The number of hydrogen-bond donors (Lipinski definition) is 1. The van der Waals surface area contributed by atoms with Gasteiger partial charge in [-0.3, -0.25) is 0 Å². The zero-order chi connectivity index (χ0) is 7.84. The molecular weight excluding hydrogens is 197 g/mol. The number of rotatable bonds is 0. The van der Waals surface area contributed by atoms with Crippen molar-refractivity contribution in [2.75, 3.05) is 0 Å². The van der Waals surface area contributed by atoms with Crippen molar-refractivity contribution in [2.45, 2.75) is 25.3 Å². The standard InChI is InChI=1S/C8H10FNS.ClH/c9-7-4-11-8-3-5(10)1-2-6(7)8;/h4-5H,1-3,10H2;1H. The van der Waals surface area contributed by atoms with Crippen molar-refractivity contribution >= 4 is 23.7 Å². The molecule has 2 rings (SSSR count). The minimum absolute atomic E-state index is 0. The quantitative estimate of drug-likeness (QED) is 0.693. The molecule has 0 fully saturated rings. The van der Waals surface area contributed by atoms with Crippen molar-refractivity contribution < 1.29 is 4.39 Å². The zero-order valence-electron chi connectivity index (χ0n) is 6.55. The molecule has 0 amide bonds. The van der Waals surface area contributed by atoms with E-state index in [1.54, 1.807) is 5.38 Å². The molecule has 68 valence electrons. The summed E-state index contributed by atoms with van der Waals surface area (Å²) < 4.78 is 12.9. The Morgan fingerprint density at radius 1 is 1.58 bits per heavy atom. The van der Waals surface area contributed by atoms with Gasteiger partial charge in [-0.25, -0.2) is 4.39 Å². The van der Waals surface area contributed by atoms with Crippen LogP contribution in [-0.2, 0) is 12.8 Å². The highest BCUT2D eigenvalue weighted by molar-refractivity contribution is 7.10. The molecule has 1 heterocycles. The Kier molecular flexibility index (Phi) is 3.09. The van der Waals surface area contributed by atoms with Crippen molar-refractivity contribution in [3.05, 3.63) is 21.6 Å². The van der Waals surface area contributed by atoms with Gasteiger partial charge in [-0.2, -0.15) is 0 Å². The molecule has 1 aliphatic rings. The minimum Gasteiger partial charge on any atom is -0.327 e. The van der Waals surface area contributed by atoms with E-state index >= 15 is 0 Å². The molecule has 0 saturated carbocycles. The zero-order valence-corrected chi connectivity index (χ0v) is 8.18. The van der Waals surface area contributed by atoms with E-state index in [2.05, 4.69) is 0 Å². The fraction of sp³-hybridized carbons (Fsp3) is 0.500. The van der Waals surface area contributed by atoms with Gasteiger partial charge in [-0.1, -0.05) is 0 Å². The van der Waals surface area contributed by atoms with E-state index in [-0.39, 0.29) is 24.3 Å². The van der Waals surface area contributed by atoms with Gasteiger partial charge in [0.1, 0.15) is 5.82 Å². The van der Waals surface area contributed by atoms with Crippen molar-refractivity contribution in [1.82, 2.24) is 0 Å². The molecule has 0 aliphatic heterocycles. The lowest BCUT2D eigenvalue weighted by molar-refractivity contribution is 0.549. The van der Waals surface area contributed by atoms with Crippen molar-refractivity contribution in [2.24, 2.45) is 5.73 Å². The first-order valence-corrected chi connectivity index (χ1v) is 4.65. The lowest BCUT2D eigenvalue weighted by atomic mass is 9.95. The molecule has 1 nitrogen and oxygen atoms in total. The Balaban J connectivity index is 0.000000720. The molecule has 0 aromatic carbocycles. The first-order valence-electron chi connectivity index (χ1n) is 3.77. The number of fused-ring (bicyclic) bond motifs is 1. The molecule has 1 atom stereocenters. The van der Waals surface area contributed by atoms with Gasteiger partial charge in [0, 0.05) is 21.9 Å². The maximum absolute atomic E-state index is 12.9. The van der Waals surface area contributed by atoms with Crippen LogP contribution in [0.4, 0.5) is 4.39 Å². The summed E-state index contributed by atoms with van der Waals surface area (Å²) in [5, 5.41) is 1.59. The van der Waals surface area contributed by atoms with Crippen LogP contribution in [0.5, 0.6) is 0 Å². The second-order valence-corrected chi connectivity index (χ2v) is 3.95. The van der Waals surface area contributed by atoms with Crippen molar-refractivity contribution in [3.63, 3.8) is 0 Å². The van der Waals surface area contributed by atoms with Crippen LogP contribution < -0.4 is 5.73 Å². The lowest BCUT2D eigenvalue weighted by Gasteiger charge is -2.17. The Morgan fingerprint density at radius 2 is 2.33 bits per heavy atom. The molecule has 4 heteroatoms. The van der Waals surface area contributed by atoms with E-state index in [1.165, 1.54) is 11.3 Å². The van der Waals surface area contributed by atoms with Gasteiger partial charge < -0.3 is 5.73 Å². The highest BCUT2D eigenvalue weighted by Gasteiger charge is 2.19. The van der Waals surface area contributed by atoms with Crippen LogP contribution in [0.1, 0.15) is 16.9 Å². The minimum atomic E-state index is -0.0306. The highest BCUT2D eigenvalue weighted by atomic mass is 35.5. The number of nitrogens with two attached hydrogens (primary N) is 1. The predicted molar refractivity (Wildman–Crippen MR) is 51.5 cm³/mol. The second kappa shape index (κ2) is 3.73. The second-order valence-electron chi connectivity index (χ2n) is 2.99. The molecule has 0 saturated heterocycles. The molecule has 12 heavy (non-hydrogen) atoms. The van der Waals surface area contributed by atoms with E-state index in [1.807, 2.05) is 0 Å². The third-order valence-electron chi connectivity index (χ3n) is 2.14. The summed E-state index contributed by atoms with van der Waals surface area (Å²) in [6, 6.07) is 0.251. The van der Waals surface area contributed by atoms with E-state index in [4.69, 9.17) is 5.73 Å². The van der Waals surface area contributed by atoms with Crippen LogP contribution in [0.3, 0.4) is 0 Å². The van der Waals surface area contributed by atoms with Crippen molar-refractivity contribution in [3.8, 4) is 0 Å². The predicted octanol–water partition coefficient (Wildman–Crippen LogP) is 2.12. The molecule has 0 bridgehead atoms. The maximum atomic E-state index is 12.9. The van der Waals surface area contributed by atoms with E-state index in [0.29, 0.717) is 0 Å². The molecule has 0 radical (unpaired) electrons. The average molecular weight is 208 g/mol. The molecule has 1 aliphatic carbocycles. The summed E-state index contributed by atoms with van der Waals surface area (Å²) in [6.45, 7) is 0. The summed E-state index contributed by atoms with van der Waals surface area (Å²) >= 11 is 1.50. The van der Waals surface area contributed by atoms with Crippen LogP contribution in [0, 0.1) is 5.82 Å². The Labute approximate surface area is 81.2 Å². The molecule has 0 spiro atoms. The first kappa shape index (κ1) is 9.96. The van der Waals surface area contributed by atoms with Gasteiger partial charge in [-0.15, -0.1) is 23.7 Å². The van der Waals surface area contributed by atoms with E-state index < -0.39 is 0 Å². The van der Waals surface area contributed by atoms with Gasteiger partial charge in [0.05, 0.1) is 0 Å². The third kappa shape index (κ3) is 1.63. The van der Waals surface area contributed by atoms with Gasteiger partial charge in [0.15, 0.2) is 0 Å². The summed E-state index contributed by atoms with van der Waals surface area (Å²) in [6.07, 6.45) is 2.62. The Hall–Kier alpha value is -0.120. The summed E-state index contributed by atoms with van der Waals surface area (Å²) in [5.41, 5.74) is 6.66. The number of halogens is 2. The van der Waals surface area contributed by atoms with Gasteiger partial charge in [-0.05, 0) is 19.3 Å². The largest absolute Gasteiger partial charge is 0.327 e. The SMILES string of the molecule is Cl.NC1CCc2c(F)csc2C1. The third-order valence-corrected chi connectivity index (χ3v) is 3.16. The fourth-order valence-corrected chi connectivity index (χ4v) is 2.54. The summed E-state index contributed by atoms with van der Waals surface area (Å²) in [7, 11) is 0. The summed E-state index contributed by atoms with van der Waals surface area (Å²) in [4.78, 5) is 1.15. The molecule has 1 aromatic rings. The highest BCUT2D eigenvalue weighted by Crippen LogP contribution is 2.28. The molecule has 1 unspecified atom stereocenters. The fourth-order valence-electron chi connectivity index (χ4n) is 1.50. The Bertz CT molecular complexity index is 274. The lowest BCUT2D eigenvalue weighted by Crippen LogP contribution is -2.27. The molecule has 1 aromatic heterocycles. The van der Waals surface area contributed by atoms with Crippen LogP contribution >= 0.6 is 23.7 Å². The van der Waals surface area contributed by atoms with E-state index in [9.17, 15) is 4.39 Å². The smallest absolute Gasteiger partial charge is 0.137 e. The van der Waals surface area contributed by atoms with Crippen LogP contribution in [0.2, 0.25) is 0 Å². The monoisotopic (exact) mass is 207 g/mol. The number of thiophene rings is 1. The van der Waals surface area contributed by atoms with Gasteiger partial charge in [0.25, 0.3) is 0 Å². The Morgan fingerprint density at radius 3 is 3.08 bits per heavy atom.